The molecule has 0 N–H and O–H groups in total. The van der Waals surface area contributed by atoms with Gasteiger partial charge >= 0.3 is 0 Å². The summed E-state index contributed by atoms with van der Waals surface area (Å²) in [6, 6.07) is 86.0. The molecule has 0 aliphatic carbocycles. The van der Waals surface area contributed by atoms with Crippen LogP contribution in [0.2, 0.25) is 0 Å². The summed E-state index contributed by atoms with van der Waals surface area (Å²) >= 11 is 1.93. The molecule has 7 aromatic heterocycles. The minimum Gasteiger partial charge on any atom is -0.314 e. The minimum absolute atomic E-state index is 1.15. The normalized spacial score (nSPS) is 12.5. The molecule has 346 valence electrons. The molecule has 0 aliphatic heterocycles. The van der Waals surface area contributed by atoms with Crippen LogP contribution in [0.15, 0.2) is 243 Å². The maximum Gasteiger partial charge on any atom is 0.0788 e. The summed E-state index contributed by atoms with van der Waals surface area (Å²) in [7, 11) is 0. The molecule has 0 fully saturated rings. The summed E-state index contributed by atoms with van der Waals surface area (Å²) in [5.74, 6) is 0. The van der Waals surface area contributed by atoms with Crippen molar-refractivity contribution in [3.05, 3.63) is 243 Å². The summed E-state index contributed by atoms with van der Waals surface area (Å²) in [6.45, 7) is 0. The van der Waals surface area contributed by atoms with E-state index in [1.54, 1.807) is 0 Å². The highest BCUT2D eigenvalue weighted by Gasteiger charge is 2.26. The van der Waals surface area contributed by atoms with Crippen molar-refractivity contribution in [2.45, 2.75) is 0 Å². The van der Waals surface area contributed by atoms with E-state index >= 15 is 0 Å². The fraction of sp³-hybridized carbons (Fsp3) is 0. The Morgan fingerprint density at radius 2 is 0.813 bits per heavy atom. The van der Waals surface area contributed by atoms with Gasteiger partial charge in [-0.05, 0) is 71.6 Å². The van der Waals surface area contributed by atoms with Crippen molar-refractivity contribution in [2.75, 3.05) is 0 Å². The second-order valence-electron chi connectivity index (χ2n) is 20.4. The van der Waals surface area contributed by atoms with Gasteiger partial charge in [-0.25, -0.2) is 0 Å². The molecule has 0 bridgehead atoms. The minimum atomic E-state index is 1.15. The van der Waals surface area contributed by atoms with Crippen molar-refractivity contribution >= 4 is 151 Å². The van der Waals surface area contributed by atoms with E-state index in [1.165, 1.54) is 151 Å². The summed E-state index contributed by atoms with van der Waals surface area (Å²) < 4.78 is 12.6. The van der Waals surface area contributed by atoms with E-state index in [4.69, 9.17) is 0 Å². The van der Waals surface area contributed by atoms with E-state index in [9.17, 15) is 0 Å². The standard InChI is InChI=1S/C70H40N4S/c1-3-19-44(20-4-1)73-59-29-15-12-27-53(59)62-60(73)36-35-54-63(62)64-67(71-39-42-17-8-10-24-47(42)66(54)71)55(38-57-49-26-13-16-30-61(49)75-70(57)64)41-31-32-51-56(37-41)52-34-33-50-48-25-11-14-28-58(48)74(45-21-5-2-6-22-45)69(50)68(52)72-40-43-18-7-9-23-46(43)65(51)72/h1-40H. The molecule has 0 unspecified atom stereocenters. The van der Waals surface area contributed by atoms with Crippen molar-refractivity contribution in [1.29, 1.82) is 0 Å². The first kappa shape index (κ1) is 39.9. The largest absolute Gasteiger partial charge is 0.314 e. The quantitative estimate of drug-likeness (QED) is 0.157. The maximum atomic E-state index is 2.55. The van der Waals surface area contributed by atoms with Crippen LogP contribution in [-0.4, -0.2) is 17.9 Å². The molecule has 0 atom stereocenters. The fourth-order valence-electron chi connectivity index (χ4n) is 13.6. The van der Waals surface area contributed by atoms with Crippen LogP contribution in [0.1, 0.15) is 0 Å². The summed E-state index contributed by atoms with van der Waals surface area (Å²) in [4.78, 5) is 0. The molecular formula is C70H40N4S. The average Bonchev–Trinajstić information content (AvgIpc) is 4.37. The third-order valence-electron chi connectivity index (χ3n) is 16.6. The van der Waals surface area contributed by atoms with Gasteiger partial charge in [0, 0.05) is 120 Å². The zero-order chi connectivity index (χ0) is 48.6. The fourth-order valence-corrected chi connectivity index (χ4v) is 14.9. The van der Waals surface area contributed by atoms with Gasteiger partial charge in [-0.1, -0.05) is 170 Å². The Balaban J connectivity index is 1.07. The lowest BCUT2D eigenvalue weighted by Gasteiger charge is -2.18. The van der Waals surface area contributed by atoms with Crippen LogP contribution < -0.4 is 0 Å². The summed E-state index contributed by atoms with van der Waals surface area (Å²) in [5, 5.41) is 20.1. The topological polar surface area (TPSA) is 18.7 Å². The van der Waals surface area contributed by atoms with Crippen LogP contribution in [0.4, 0.5) is 0 Å². The molecule has 18 rings (SSSR count). The van der Waals surface area contributed by atoms with Gasteiger partial charge in [0.1, 0.15) is 0 Å². The second kappa shape index (κ2) is 14.5. The lowest BCUT2D eigenvalue weighted by Crippen LogP contribution is -1.98. The van der Waals surface area contributed by atoms with Crippen LogP contribution in [0.25, 0.3) is 162 Å². The van der Waals surface area contributed by atoms with Crippen LogP contribution in [0, 0.1) is 0 Å². The van der Waals surface area contributed by atoms with E-state index in [0.29, 0.717) is 0 Å². The van der Waals surface area contributed by atoms with Crippen LogP contribution in [0.5, 0.6) is 0 Å². The van der Waals surface area contributed by atoms with Gasteiger partial charge in [-0.2, -0.15) is 0 Å². The molecule has 0 amide bonds. The highest BCUT2D eigenvalue weighted by molar-refractivity contribution is 7.26. The number of thiophene rings is 1. The van der Waals surface area contributed by atoms with Gasteiger partial charge < -0.3 is 17.9 Å². The Bertz CT molecular complexity index is 5530. The van der Waals surface area contributed by atoms with E-state index in [2.05, 4.69) is 261 Å². The Morgan fingerprint density at radius 1 is 0.280 bits per heavy atom. The lowest BCUT2D eigenvalue weighted by atomic mass is 9.91. The molecule has 7 heterocycles. The Kier molecular flexibility index (Phi) is 7.71. The second-order valence-corrected chi connectivity index (χ2v) is 21.4. The summed E-state index contributed by atoms with van der Waals surface area (Å²) in [5.41, 5.74) is 14.4. The average molecular weight is 969 g/mol. The third-order valence-corrected chi connectivity index (χ3v) is 17.8. The Labute approximate surface area is 431 Å². The first-order valence-electron chi connectivity index (χ1n) is 25.8. The van der Waals surface area contributed by atoms with Crippen LogP contribution in [-0.2, 0) is 0 Å². The van der Waals surface area contributed by atoms with Crippen LogP contribution in [0.3, 0.4) is 0 Å². The maximum absolute atomic E-state index is 2.55. The lowest BCUT2D eigenvalue weighted by molar-refractivity contribution is 1.17. The van der Waals surface area contributed by atoms with Crippen molar-refractivity contribution < 1.29 is 0 Å². The van der Waals surface area contributed by atoms with Crippen molar-refractivity contribution in [1.82, 2.24) is 17.9 Å². The number of benzene rings is 11. The number of nitrogens with zero attached hydrogens (tertiary/aromatic N) is 4. The number of para-hydroxylation sites is 4. The van der Waals surface area contributed by atoms with Gasteiger partial charge in [0.25, 0.3) is 0 Å². The number of fused-ring (bicyclic) bond motifs is 28. The molecule has 0 saturated heterocycles. The highest BCUT2D eigenvalue weighted by Crippen LogP contribution is 2.51. The first-order valence-corrected chi connectivity index (χ1v) is 26.6. The van der Waals surface area contributed by atoms with Gasteiger partial charge in [0.05, 0.1) is 44.1 Å². The smallest absolute Gasteiger partial charge is 0.0788 e. The number of hydrogen-bond donors (Lipinski definition) is 0. The van der Waals surface area contributed by atoms with E-state index in [0.717, 1.165) is 11.4 Å². The van der Waals surface area contributed by atoms with Crippen molar-refractivity contribution in [3.8, 4) is 22.5 Å². The molecule has 5 heteroatoms. The van der Waals surface area contributed by atoms with E-state index in [1.807, 2.05) is 11.3 Å². The molecule has 4 nitrogen and oxygen atoms in total. The number of aromatic nitrogens is 4. The zero-order valence-electron chi connectivity index (χ0n) is 40.3. The number of rotatable bonds is 3. The van der Waals surface area contributed by atoms with Gasteiger partial charge in [-0.3, -0.25) is 0 Å². The molecular weight excluding hydrogens is 929 g/mol. The van der Waals surface area contributed by atoms with Gasteiger partial charge in [-0.15, -0.1) is 11.3 Å². The molecule has 11 aromatic carbocycles. The molecule has 75 heavy (non-hydrogen) atoms. The SMILES string of the molecule is c1ccc(-n2c3ccccc3c3c4c(ccc32)c2c3ccccc3cn2c2c(-c3ccc5c(c3)c3ccc6c7ccccc7n(-c7ccccc7)c6c3n3cc6ccccc6c53)cc3c5ccccc5sc3c42)cc1. The Hall–Kier alpha value is -9.68. The van der Waals surface area contributed by atoms with Crippen LogP contribution >= 0.6 is 11.3 Å². The van der Waals surface area contributed by atoms with E-state index in [-0.39, 0.29) is 0 Å². The predicted octanol–water partition coefficient (Wildman–Crippen LogP) is 19.3. The van der Waals surface area contributed by atoms with Crippen molar-refractivity contribution in [3.63, 3.8) is 0 Å². The third kappa shape index (κ3) is 5.15. The van der Waals surface area contributed by atoms with Crippen molar-refractivity contribution in [2.24, 2.45) is 0 Å². The summed E-state index contributed by atoms with van der Waals surface area (Å²) in [6.07, 6.45) is 4.77. The Morgan fingerprint density at radius 3 is 1.55 bits per heavy atom. The monoisotopic (exact) mass is 968 g/mol. The molecule has 18 aromatic rings. The zero-order valence-corrected chi connectivity index (χ0v) is 41.1. The van der Waals surface area contributed by atoms with Gasteiger partial charge in [0.15, 0.2) is 0 Å². The number of pyridine rings is 2. The predicted molar refractivity (Wildman–Crippen MR) is 320 cm³/mol. The van der Waals surface area contributed by atoms with Gasteiger partial charge in [0.2, 0.25) is 0 Å². The molecule has 0 aliphatic rings. The highest BCUT2D eigenvalue weighted by atomic mass is 32.1. The number of hydrogen-bond acceptors (Lipinski definition) is 1. The van der Waals surface area contributed by atoms with E-state index < -0.39 is 0 Å². The molecule has 0 spiro atoms. The molecule has 0 saturated carbocycles. The first-order chi connectivity index (χ1) is 37.2. The molecule has 0 radical (unpaired) electrons.